The molecule has 4 rings (SSSR count). The first-order chi connectivity index (χ1) is 9.37. The van der Waals surface area contributed by atoms with Gasteiger partial charge in [-0.25, -0.2) is 0 Å². The van der Waals surface area contributed by atoms with E-state index in [-0.39, 0.29) is 16.6 Å². The van der Waals surface area contributed by atoms with E-state index in [9.17, 15) is 0 Å². The van der Waals surface area contributed by atoms with Crippen molar-refractivity contribution in [3.05, 3.63) is 59.2 Å². The van der Waals surface area contributed by atoms with Crippen molar-refractivity contribution in [3.8, 4) is 0 Å². The minimum atomic E-state index is -0.204. The highest BCUT2D eigenvalue weighted by molar-refractivity contribution is 5.56. The van der Waals surface area contributed by atoms with E-state index >= 15 is 0 Å². The number of allylic oxidation sites excluding steroid dienone is 1. The Hall–Kier alpha value is -1.34. The van der Waals surface area contributed by atoms with Gasteiger partial charge in [-0.05, 0) is 35.5 Å². The molecule has 1 heteroatoms. The number of rotatable bonds is 0. The molecule has 0 aromatic heterocycles. The zero-order valence-electron chi connectivity index (χ0n) is 12.7. The molecule has 2 heterocycles. The average Bonchev–Trinajstić information content (AvgIpc) is 2.89. The van der Waals surface area contributed by atoms with E-state index in [0.717, 1.165) is 6.42 Å². The molecule has 0 N–H and O–H groups in total. The molecule has 1 fully saturated rings. The molecule has 0 saturated carbocycles. The second-order valence-electron chi connectivity index (χ2n) is 7.58. The molecule has 1 aromatic rings. The fraction of sp³-hybridized carbons (Fsp3) is 0.474. The average molecular weight is 266 g/mol. The first-order valence-electron chi connectivity index (χ1n) is 7.56. The Morgan fingerprint density at radius 3 is 2.65 bits per heavy atom. The summed E-state index contributed by atoms with van der Waals surface area (Å²) in [5.74, 6) is 0.377. The fourth-order valence-electron chi connectivity index (χ4n) is 4.31. The van der Waals surface area contributed by atoms with E-state index in [0.29, 0.717) is 5.92 Å². The summed E-state index contributed by atoms with van der Waals surface area (Å²) < 4.78 is 6.64. The maximum Gasteiger partial charge on any atom is 0.106 e. The highest BCUT2D eigenvalue weighted by Crippen LogP contribution is 2.64. The van der Waals surface area contributed by atoms with Gasteiger partial charge in [-0.1, -0.05) is 63.3 Å². The van der Waals surface area contributed by atoms with Crippen LogP contribution in [0.15, 0.2) is 48.1 Å². The molecular formula is C19H22O. The van der Waals surface area contributed by atoms with Gasteiger partial charge in [-0.3, -0.25) is 0 Å². The maximum absolute atomic E-state index is 6.64. The molecule has 3 atom stereocenters. The Morgan fingerprint density at radius 2 is 1.90 bits per heavy atom. The largest absolute Gasteiger partial charge is 0.355 e. The highest BCUT2D eigenvalue weighted by Gasteiger charge is 2.64. The van der Waals surface area contributed by atoms with Crippen molar-refractivity contribution in [2.75, 3.05) is 0 Å². The van der Waals surface area contributed by atoms with Crippen LogP contribution in [0.3, 0.4) is 0 Å². The summed E-state index contributed by atoms with van der Waals surface area (Å²) in [7, 11) is 0. The molecule has 1 nitrogen and oxygen atoms in total. The van der Waals surface area contributed by atoms with Gasteiger partial charge in [0.1, 0.15) is 11.2 Å². The lowest BCUT2D eigenvalue weighted by atomic mass is 9.60. The van der Waals surface area contributed by atoms with Crippen LogP contribution < -0.4 is 0 Å². The predicted molar refractivity (Wildman–Crippen MR) is 81.8 cm³/mol. The van der Waals surface area contributed by atoms with Crippen LogP contribution in [0, 0.1) is 5.41 Å². The molecule has 104 valence electrons. The van der Waals surface area contributed by atoms with Crippen molar-refractivity contribution in [3.63, 3.8) is 0 Å². The van der Waals surface area contributed by atoms with Crippen molar-refractivity contribution in [1.82, 2.24) is 0 Å². The zero-order valence-corrected chi connectivity index (χ0v) is 12.7. The summed E-state index contributed by atoms with van der Waals surface area (Å²) in [6.07, 6.45) is 8.05. The van der Waals surface area contributed by atoms with E-state index in [1.807, 2.05) is 0 Å². The summed E-state index contributed by atoms with van der Waals surface area (Å²) in [6, 6.07) is 8.86. The minimum absolute atomic E-state index is 0.0754. The lowest BCUT2D eigenvalue weighted by Gasteiger charge is -2.43. The molecular weight excluding hydrogens is 244 g/mol. The maximum atomic E-state index is 6.64. The van der Waals surface area contributed by atoms with Gasteiger partial charge >= 0.3 is 0 Å². The standard InChI is InChI=1S/C19H22O/c1-17(2,3)19-12-11-18(4,20-19)15-10-9-13-7-5-6-8-14(13)16(15)19/h5-8,10-12,16H,9H2,1-4H3/t16?,18-,19+/m1/s1. The Morgan fingerprint density at radius 1 is 1.15 bits per heavy atom. The normalized spacial score (nSPS) is 37.6. The van der Waals surface area contributed by atoms with E-state index in [1.54, 1.807) is 0 Å². The molecule has 0 amide bonds. The second-order valence-corrected chi connectivity index (χ2v) is 7.58. The van der Waals surface area contributed by atoms with E-state index < -0.39 is 0 Å². The minimum Gasteiger partial charge on any atom is -0.355 e. The first kappa shape index (κ1) is 12.4. The highest BCUT2D eigenvalue weighted by atomic mass is 16.5. The van der Waals surface area contributed by atoms with Gasteiger partial charge in [0.05, 0.1) is 0 Å². The topological polar surface area (TPSA) is 9.23 Å². The van der Waals surface area contributed by atoms with Crippen LogP contribution in [0.5, 0.6) is 0 Å². The number of hydrogen-bond donors (Lipinski definition) is 0. The van der Waals surface area contributed by atoms with Crippen LogP contribution in [0.2, 0.25) is 0 Å². The van der Waals surface area contributed by atoms with Crippen molar-refractivity contribution in [1.29, 1.82) is 0 Å². The molecule has 3 aliphatic rings. The lowest BCUT2D eigenvalue weighted by molar-refractivity contribution is -0.0840. The van der Waals surface area contributed by atoms with Crippen molar-refractivity contribution in [2.24, 2.45) is 5.41 Å². The van der Waals surface area contributed by atoms with Gasteiger partial charge in [0.2, 0.25) is 0 Å². The van der Waals surface area contributed by atoms with Crippen LogP contribution in [0.4, 0.5) is 0 Å². The molecule has 0 spiro atoms. The fourth-order valence-corrected chi connectivity index (χ4v) is 4.31. The second kappa shape index (κ2) is 3.46. The third-order valence-corrected chi connectivity index (χ3v) is 5.42. The van der Waals surface area contributed by atoms with E-state index in [1.165, 1.54) is 16.7 Å². The molecule has 1 aromatic carbocycles. The van der Waals surface area contributed by atoms with Crippen LogP contribution >= 0.6 is 0 Å². The Bertz CT molecular complexity index is 646. The third kappa shape index (κ3) is 1.27. The zero-order chi connectivity index (χ0) is 14.2. The van der Waals surface area contributed by atoms with Gasteiger partial charge in [-0.2, -0.15) is 0 Å². The number of benzene rings is 1. The van der Waals surface area contributed by atoms with E-state index in [4.69, 9.17) is 4.74 Å². The van der Waals surface area contributed by atoms with E-state index in [2.05, 4.69) is 70.2 Å². The number of fused-ring (bicyclic) bond motifs is 7. The number of hydrogen-bond acceptors (Lipinski definition) is 1. The number of ether oxygens (including phenoxy) is 1. The monoisotopic (exact) mass is 266 g/mol. The van der Waals surface area contributed by atoms with Gasteiger partial charge in [0.25, 0.3) is 0 Å². The van der Waals surface area contributed by atoms with Crippen molar-refractivity contribution >= 4 is 0 Å². The summed E-state index contributed by atoms with van der Waals surface area (Å²) in [6.45, 7) is 9.10. The SMILES string of the molecule is CC(C)(C)[C@@]12C=C[C@@](C)(O1)C1=CCc3ccccc3C12. The molecule has 2 bridgehead atoms. The Labute approximate surface area is 121 Å². The van der Waals surface area contributed by atoms with Crippen molar-refractivity contribution in [2.45, 2.75) is 51.2 Å². The van der Waals surface area contributed by atoms with Gasteiger partial charge in [0.15, 0.2) is 0 Å². The van der Waals surface area contributed by atoms with Crippen molar-refractivity contribution < 1.29 is 4.74 Å². The molecule has 0 radical (unpaired) electrons. The first-order valence-corrected chi connectivity index (χ1v) is 7.56. The van der Waals surface area contributed by atoms with Crippen LogP contribution in [0.1, 0.15) is 44.7 Å². The Kier molecular flexibility index (Phi) is 2.14. The quantitative estimate of drug-likeness (QED) is 0.633. The molecule has 1 aliphatic carbocycles. The van der Waals surface area contributed by atoms with Crippen LogP contribution in [-0.4, -0.2) is 11.2 Å². The summed E-state index contributed by atoms with van der Waals surface area (Å²) >= 11 is 0. The summed E-state index contributed by atoms with van der Waals surface area (Å²) in [4.78, 5) is 0. The summed E-state index contributed by atoms with van der Waals surface area (Å²) in [5.41, 5.74) is 4.06. The van der Waals surface area contributed by atoms with Crippen LogP contribution in [0.25, 0.3) is 0 Å². The summed E-state index contributed by atoms with van der Waals surface area (Å²) in [5, 5.41) is 0. The smallest absolute Gasteiger partial charge is 0.106 e. The molecule has 1 saturated heterocycles. The molecule has 2 aliphatic heterocycles. The third-order valence-electron chi connectivity index (χ3n) is 5.42. The lowest BCUT2D eigenvalue weighted by Crippen LogP contribution is -2.45. The van der Waals surface area contributed by atoms with Gasteiger partial charge in [0, 0.05) is 5.92 Å². The van der Waals surface area contributed by atoms with Crippen LogP contribution in [-0.2, 0) is 11.2 Å². The predicted octanol–water partition coefficient (Wildman–Crippen LogP) is 4.40. The Balaban J connectivity index is 1.99. The molecule has 20 heavy (non-hydrogen) atoms. The molecule has 1 unspecified atom stereocenters. The van der Waals surface area contributed by atoms with Gasteiger partial charge in [-0.15, -0.1) is 0 Å². The van der Waals surface area contributed by atoms with Gasteiger partial charge < -0.3 is 4.74 Å².